The summed E-state index contributed by atoms with van der Waals surface area (Å²) in [5, 5.41) is 0. The summed E-state index contributed by atoms with van der Waals surface area (Å²) in [6, 6.07) is 0. The average molecular weight is 310 g/mol. The van der Waals surface area contributed by atoms with Crippen molar-refractivity contribution in [1.29, 1.82) is 0 Å². The minimum atomic E-state index is -0.385. The number of hydrogen-bond donors (Lipinski definition) is 0. The highest BCUT2D eigenvalue weighted by atomic mass is 16.7. The second kappa shape index (κ2) is 6.89. The first-order chi connectivity index (χ1) is 10.5. The van der Waals surface area contributed by atoms with Gasteiger partial charge in [-0.15, -0.1) is 0 Å². The van der Waals surface area contributed by atoms with Gasteiger partial charge < -0.3 is 14.0 Å². The molecule has 0 aromatic carbocycles. The van der Waals surface area contributed by atoms with Crippen molar-refractivity contribution in [1.82, 2.24) is 18.7 Å². The molecule has 122 valence electrons. The first kappa shape index (κ1) is 16.4. The maximum Gasteiger partial charge on any atom is 0.332 e. The zero-order valence-electron chi connectivity index (χ0n) is 13.4. The number of aromatic nitrogens is 4. The minimum absolute atomic E-state index is 0.316. The number of hydrogen-bond acceptors (Lipinski definition) is 5. The summed E-state index contributed by atoms with van der Waals surface area (Å²) in [5.74, 6) is 0. The molecule has 2 aromatic rings. The lowest BCUT2D eigenvalue weighted by molar-refractivity contribution is -0.140. The monoisotopic (exact) mass is 310 g/mol. The molecule has 0 unspecified atom stereocenters. The van der Waals surface area contributed by atoms with E-state index in [1.54, 1.807) is 17.9 Å². The fourth-order valence-corrected chi connectivity index (χ4v) is 2.40. The molecule has 0 amide bonds. The van der Waals surface area contributed by atoms with E-state index < -0.39 is 0 Å². The number of fused-ring (bicyclic) bond motifs is 1. The van der Waals surface area contributed by atoms with Crippen LogP contribution in [-0.4, -0.2) is 38.2 Å². The largest absolute Gasteiger partial charge is 0.353 e. The van der Waals surface area contributed by atoms with Crippen LogP contribution in [0.5, 0.6) is 0 Å². The van der Waals surface area contributed by atoms with Crippen molar-refractivity contribution in [3.63, 3.8) is 0 Å². The molecule has 8 heteroatoms. The van der Waals surface area contributed by atoms with Crippen LogP contribution in [0.15, 0.2) is 15.9 Å². The van der Waals surface area contributed by atoms with Crippen molar-refractivity contribution in [2.75, 3.05) is 13.2 Å². The topological polar surface area (TPSA) is 80.3 Å². The van der Waals surface area contributed by atoms with E-state index in [0.717, 1.165) is 4.57 Å². The molecule has 22 heavy (non-hydrogen) atoms. The normalized spacial score (nSPS) is 11.7. The summed E-state index contributed by atoms with van der Waals surface area (Å²) in [6.07, 6.45) is 1.85. The van der Waals surface area contributed by atoms with Gasteiger partial charge in [0.05, 0.1) is 6.33 Å². The highest BCUT2D eigenvalue weighted by molar-refractivity contribution is 5.69. The van der Waals surface area contributed by atoms with E-state index in [1.807, 2.05) is 13.8 Å². The van der Waals surface area contributed by atoms with Gasteiger partial charge in [0.15, 0.2) is 17.5 Å². The highest BCUT2D eigenvalue weighted by Gasteiger charge is 2.15. The molecule has 0 saturated carbocycles. The second-order valence-corrected chi connectivity index (χ2v) is 4.94. The third-order valence-electron chi connectivity index (χ3n) is 3.53. The van der Waals surface area contributed by atoms with Crippen molar-refractivity contribution in [3.8, 4) is 0 Å². The molecule has 0 fully saturated rings. The van der Waals surface area contributed by atoms with Crippen molar-refractivity contribution in [3.05, 3.63) is 27.2 Å². The molecule has 0 aliphatic carbocycles. The Balaban J connectivity index is 2.33. The minimum Gasteiger partial charge on any atom is -0.353 e. The molecular weight excluding hydrogens is 288 g/mol. The quantitative estimate of drug-likeness (QED) is 0.684. The fourth-order valence-electron chi connectivity index (χ4n) is 2.40. The number of aryl methyl sites for hydroxylation is 2. The van der Waals surface area contributed by atoms with Gasteiger partial charge in [0, 0.05) is 40.3 Å². The van der Waals surface area contributed by atoms with Crippen LogP contribution in [0.2, 0.25) is 0 Å². The molecule has 0 bridgehead atoms. The van der Waals surface area contributed by atoms with Crippen LogP contribution in [0.25, 0.3) is 11.2 Å². The molecule has 2 heterocycles. The number of nitrogens with zero attached hydrogens (tertiary/aromatic N) is 4. The van der Waals surface area contributed by atoms with Gasteiger partial charge in [-0.1, -0.05) is 0 Å². The van der Waals surface area contributed by atoms with Crippen LogP contribution >= 0.6 is 0 Å². The molecule has 0 saturated heterocycles. The van der Waals surface area contributed by atoms with Crippen LogP contribution in [0.4, 0.5) is 0 Å². The Hall–Kier alpha value is -1.93. The summed E-state index contributed by atoms with van der Waals surface area (Å²) in [4.78, 5) is 28.4. The maximum absolute atomic E-state index is 12.3. The van der Waals surface area contributed by atoms with E-state index >= 15 is 0 Å². The lowest BCUT2D eigenvalue weighted by Crippen LogP contribution is -2.37. The molecule has 0 aliphatic rings. The van der Waals surface area contributed by atoms with Crippen LogP contribution < -0.4 is 11.2 Å². The Morgan fingerprint density at radius 3 is 2.36 bits per heavy atom. The predicted molar refractivity (Wildman–Crippen MR) is 81.9 cm³/mol. The molecule has 2 rings (SSSR count). The number of rotatable bonds is 7. The fraction of sp³-hybridized carbons (Fsp3) is 0.643. The van der Waals surface area contributed by atoms with E-state index in [4.69, 9.17) is 9.47 Å². The van der Waals surface area contributed by atoms with E-state index in [1.165, 1.54) is 11.6 Å². The standard InChI is InChI=1S/C14H22N4O4/c1-5-21-10(22-6-2)7-8-18-9-15-12-11(18)13(19)17(4)14(20)16(12)3/h9-10H,5-8H2,1-4H3. The Labute approximate surface area is 127 Å². The Bertz CT molecular complexity index is 753. The van der Waals surface area contributed by atoms with E-state index in [2.05, 4.69) is 4.98 Å². The molecule has 0 N–H and O–H groups in total. The highest BCUT2D eigenvalue weighted by Crippen LogP contribution is 2.09. The lowest BCUT2D eigenvalue weighted by Gasteiger charge is -2.17. The van der Waals surface area contributed by atoms with Crippen molar-refractivity contribution in [2.45, 2.75) is 33.1 Å². The van der Waals surface area contributed by atoms with Gasteiger partial charge >= 0.3 is 5.69 Å². The molecule has 2 aromatic heterocycles. The third kappa shape index (κ3) is 2.97. The van der Waals surface area contributed by atoms with Gasteiger partial charge in [-0.3, -0.25) is 13.9 Å². The Morgan fingerprint density at radius 1 is 1.14 bits per heavy atom. The lowest BCUT2D eigenvalue weighted by atomic mass is 10.4. The first-order valence-corrected chi connectivity index (χ1v) is 7.35. The molecule has 0 atom stereocenters. The molecule has 0 aliphatic heterocycles. The van der Waals surface area contributed by atoms with Crippen molar-refractivity contribution < 1.29 is 9.47 Å². The van der Waals surface area contributed by atoms with Gasteiger partial charge in [0.2, 0.25) is 0 Å². The SMILES string of the molecule is CCOC(CCn1cnc2c1c(=O)n(C)c(=O)n2C)OCC. The van der Waals surface area contributed by atoms with Crippen LogP contribution in [0.3, 0.4) is 0 Å². The Morgan fingerprint density at radius 2 is 1.77 bits per heavy atom. The summed E-state index contributed by atoms with van der Waals surface area (Å²) in [5.41, 5.74) is 0.0676. The molecule has 0 spiro atoms. The summed E-state index contributed by atoms with van der Waals surface area (Å²) < 4.78 is 15.2. The maximum atomic E-state index is 12.3. The summed E-state index contributed by atoms with van der Waals surface area (Å²) >= 11 is 0. The summed E-state index contributed by atoms with van der Waals surface area (Å²) in [7, 11) is 3.06. The zero-order valence-corrected chi connectivity index (χ0v) is 13.4. The molecular formula is C14H22N4O4. The van der Waals surface area contributed by atoms with Crippen molar-refractivity contribution >= 4 is 11.2 Å². The van der Waals surface area contributed by atoms with E-state index in [-0.39, 0.29) is 17.5 Å². The predicted octanol–water partition coefficient (Wildman–Crippen LogP) is 0.223. The average Bonchev–Trinajstić information content (AvgIpc) is 2.93. The molecule has 0 radical (unpaired) electrons. The Kier molecular flexibility index (Phi) is 5.15. The zero-order chi connectivity index (χ0) is 16.3. The molecule has 8 nitrogen and oxygen atoms in total. The number of ether oxygens (including phenoxy) is 2. The van der Waals surface area contributed by atoms with Gasteiger partial charge in [-0.05, 0) is 13.8 Å². The second-order valence-electron chi connectivity index (χ2n) is 4.94. The van der Waals surface area contributed by atoms with Gasteiger partial charge in [0.1, 0.15) is 0 Å². The first-order valence-electron chi connectivity index (χ1n) is 7.35. The smallest absolute Gasteiger partial charge is 0.332 e. The van der Waals surface area contributed by atoms with E-state index in [9.17, 15) is 9.59 Å². The summed E-state index contributed by atoms with van der Waals surface area (Å²) in [6.45, 7) is 5.46. The third-order valence-corrected chi connectivity index (χ3v) is 3.53. The van der Waals surface area contributed by atoms with E-state index in [0.29, 0.717) is 37.3 Å². The van der Waals surface area contributed by atoms with Gasteiger partial charge in [-0.2, -0.15) is 0 Å². The van der Waals surface area contributed by atoms with Gasteiger partial charge in [-0.25, -0.2) is 9.78 Å². The number of imidazole rings is 1. The van der Waals surface area contributed by atoms with Crippen LogP contribution in [0.1, 0.15) is 20.3 Å². The van der Waals surface area contributed by atoms with Crippen molar-refractivity contribution in [2.24, 2.45) is 14.1 Å². The van der Waals surface area contributed by atoms with Crippen LogP contribution in [0, 0.1) is 0 Å². The van der Waals surface area contributed by atoms with Crippen LogP contribution in [-0.2, 0) is 30.1 Å². The van der Waals surface area contributed by atoms with Gasteiger partial charge in [0.25, 0.3) is 5.56 Å².